The Hall–Kier alpha value is -3.16. The van der Waals surface area contributed by atoms with Crippen molar-refractivity contribution in [1.82, 2.24) is 0 Å². The van der Waals surface area contributed by atoms with E-state index in [1.165, 1.54) is 6.07 Å². The lowest BCUT2D eigenvalue weighted by atomic mass is 9.91. The molecule has 0 aliphatic heterocycles. The highest BCUT2D eigenvalue weighted by Gasteiger charge is 2.33. The maximum atomic E-state index is 13.4. The molecule has 1 unspecified atom stereocenters. The largest absolute Gasteiger partial charge is 0.573 e. The van der Waals surface area contributed by atoms with Crippen LogP contribution in [0.1, 0.15) is 0 Å². The van der Waals surface area contributed by atoms with Gasteiger partial charge >= 0.3 is 6.36 Å². The van der Waals surface area contributed by atoms with Crippen LogP contribution in [0, 0.1) is 0 Å². The molecule has 2 nitrogen and oxygen atoms in total. The summed E-state index contributed by atoms with van der Waals surface area (Å²) in [5.74, 6) is -0.344. The van der Waals surface area contributed by atoms with Gasteiger partial charge < -0.3 is 4.74 Å². The van der Waals surface area contributed by atoms with Crippen LogP contribution in [0.25, 0.3) is 43.8 Å². The molecule has 1 atom stereocenters. The van der Waals surface area contributed by atoms with Gasteiger partial charge in [0.2, 0.25) is 0 Å². The van der Waals surface area contributed by atoms with Gasteiger partial charge in [0.05, 0.1) is 4.90 Å². The van der Waals surface area contributed by atoms with Gasteiger partial charge in [-0.15, -0.1) is 13.2 Å². The van der Waals surface area contributed by atoms with Crippen molar-refractivity contribution in [2.75, 3.05) is 0 Å². The van der Waals surface area contributed by atoms with Crippen LogP contribution in [-0.4, -0.2) is 10.6 Å². The Morgan fingerprint density at radius 1 is 0.676 bits per heavy atom. The molecule has 0 N–H and O–H groups in total. The average Bonchev–Trinajstić information content (AvgIpc) is 2.82. The van der Waals surface area contributed by atoms with Crippen molar-refractivity contribution >= 4 is 45.6 Å². The maximum Gasteiger partial charge on any atom is 0.573 e. The van der Waals surface area contributed by atoms with E-state index in [9.17, 15) is 17.4 Å². The molecule has 0 aromatic heterocycles. The standard InChI is InChI=1S/C27H16BrF3O2S/c28-34(32)24-15-12-18-8-4-5-9-21(18)26(24)25-22-13-10-19(17-6-2-1-3-7-17)16-20(22)11-14-23(25)33-27(29,30)31/h1-16H. The Bertz CT molecular complexity index is 1550. The van der Waals surface area contributed by atoms with Crippen molar-refractivity contribution in [2.24, 2.45) is 0 Å². The van der Waals surface area contributed by atoms with Gasteiger partial charge in [0, 0.05) is 25.9 Å². The predicted molar refractivity (Wildman–Crippen MR) is 134 cm³/mol. The Morgan fingerprint density at radius 2 is 1.35 bits per heavy atom. The summed E-state index contributed by atoms with van der Waals surface area (Å²) in [5, 5.41) is 2.80. The summed E-state index contributed by atoms with van der Waals surface area (Å²) in [5.41, 5.74) is 2.61. The Kier molecular flexibility index (Phi) is 5.91. The minimum atomic E-state index is -4.88. The van der Waals surface area contributed by atoms with Gasteiger partial charge in [-0.2, -0.15) is 0 Å². The summed E-state index contributed by atoms with van der Waals surface area (Å²) in [6.07, 6.45) is -4.88. The molecule has 0 saturated carbocycles. The molecule has 0 heterocycles. The quantitative estimate of drug-likeness (QED) is 0.213. The number of benzene rings is 5. The topological polar surface area (TPSA) is 26.3 Å². The van der Waals surface area contributed by atoms with Crippen molar-refractivity contribution in [2.45, 2.75) is 11.3 Å². The molecule has 7 heteroatoms. The van der Waals surface area contributed by atoms with Crippen molar-refractivity contribution in [3.8, 4) is 28.0 Å². The van der Waals surface area contributed by atoms with E-state index in [0.29, 0.717) is 21.2 Å². The smallest absolute Gasteiger partial charge is 0.405 e. The molecular formula is C27H16BrF3O2S. The minimum absolute atomic E-state index is 0.244. The Morgan fingerprint density at radius 3 is 2.09 bits per heavy atom. The van der Waals surface area contributed by atoms with Crippen LogP contribution >= 0.6 is 14.8 Å². The van der Waals surface area contributed by atoms with Crippen LogP contribution in [0.2, 0.25) is 0 Å². The highest BCUT2D eigenvalue weighted by atomic mass is 79.9. The third-order valence-electron chi connectivity index (χ3n) is 5.63. The molecule has 170 valence electrons. The van der Waals surface area contributed by atoms with Crippen LogP contribution in [0.4, 0.5) is 13.2 Å². The molecule has 0 spiro atoms. The van der Waals surface area contributed by atoms with Crippen LogP contribution in [0.15, 0.2) is 102 Å². The lowest BCUT2D eigenvalue weighted by Gasteiger charge is -2.19. The van der Waals surface area contributed by atoms with Crippen molar-refractivity contribution in [3.63, 3.8) is 0 Å². The molecule has 5 aromatic rings. The SMILES string of the molecule is O=S(Br)c1ccc2ccccc2c1-c1c(OC(F)(F)F)ccc2cc(-c3ccccc3)ccc12. The fraction of sp³-hybridized carbons (Fsp3) is 0.0370. The van der Waals surface area contributed by atoms with E-state index in [1.807, 2.05) is 60.7 Å². The summed E-state index contributed by atoms with van der Waals surface area (Å²) in [6.45, 7) is 0. The van der Waals surface area contributed by atoms with E-state index >= 15 is 0 Å². The number of hydrogen-bond acceptors (Lipinski definition) is 2. The summed E-state index contributed by atoms with van der Waals surface area (Å²) >= 11 is 3.12. The van der Waals surface area contributed by atoms with Crippen molar-refractivity contribution in [3.05, 3.63) is 97.1 Å². The third kappa shape index (κ3) is 4.33. The molecular weight excluding hydrogens is 525 g/mol. The molecule has 0 fully saturated rings. The molecule has 0 aliphatic rings. The zero-order chi connectivity index (χ0) is 23.9. The summed E-state index contributed by atoms with van der Waals surface area (Å²) < 4.78 is 57.3. The predicted octanol–water partition coefficient (Wildman–Crippen LogP) is 8.64. The molecule has 0 amide bonds. The monoisotopic (exact) mass is 540 g/mol. The number of hydrogen-bond donors (Lipinski definition) is 0. The Balaban J connectivity index is 1.87. The summed E-state index contributed by atoms with van der Waals surface area (Å²) in [7, 11) is -1.63. The molecule has 34 heavy (non-hydrogen) atoms. The molecule has 0 radical (unpaired) electrons. The number of fused-ring (bicyclic) bond motifs is 2. The van der Waals surface area contributed by atoms with Crippen LogP contribution in [0.5, 0.6) is 5.75 Å². The van der Waals surface area contributed by atoms with Crippen LogP contribution in [-0.2, 0) is 9.23 Å². The molecule has 0 bridgehead atoms. The van der Waals surface area contributed by atoms with Crippen molar-refractivity contribution < 1.29 is 22.1 Å². The van der Waals surface area contributed by atoms with Gasteiger partial charge in [0.25, 0.3) is 0 Å². The number of ether oxygens (including phenoxy) is 1. The molecule has 5 aromatic carbocycles. The second-order valence-electron chi connectivity index (χ2n) is 7.67. The highest BCUT2D eigenvalue weighted by Crippen LogP contribution is 2.46. The first-order valence-corrected chi connectivity index (χ1v) is 13.3. The van der Waals surface area contributed by atoms with E-state index in [2.05, 4.69) is 19.5 Å². The number of halogens is 4. The van der Waals surface area contributed by atoms with Crippen molar-refractivity contribution in [1.29, 1.82) is 0 Å². The first-order valence-electron chi connectivity index (χ1n) is 10.3. The van der Waals surface area contributed by atoms with Gasteiger partial charge in [-0.1, -0.05) is 78.9 Å². The second-order valence-corrected chi connectivity index (χ2v) is 10.3. The lowest BCUT2D eigenvalue weighted by molar-refractivity contribution is -0.274. The summed E-state index contributed by atoms with van der Waals surface area (Å²) in [4.78, 5) is 0.366. The van der Waals surface area contributed by atoms with E-state index in [0.717, 1.165) is 21.9 Å². The molecule has 5 rings (SSSR count). The average molecular weight is 541 g/mol. The molecule has 0 saturated heterocycles. The van der Waals surface area contributed by atoms with E-state index in [-0.39, 0.29) is 11.3 Å². The zero-order valence-corrected chi connectivity index (χ0v) is 19.9. The molecule has 0 aliphatic carbocycles. The second kappa shape index (κ2) is 8.89. The van der Waals surface area contributed by atoms with E-state index in [1.54, 1.807) is 30.3 Å². The third-order valence-corrected chi connectivity index (χ3v) is 7.36. The van der Waals surface area contributed by atoms with Gasteiger partial charge in [-0.3, -0.25) is 0 Å². The van der Waals surface area contributed by atoms with Crippen LogP contribution in [0.3, 0.4) is 0 Å². The van der Waals surface area contributed by atoms with Gasteiger partial charge in [0.1, 0.15) is 15.0 Å². The maximum absolute atomic E-state index is 13.4. The van der Waals surface area contributed by atoms with Crippen LogP contribution < -0.4 is 4.74 Å². The number of alkyl halides is 3. The van der Waals surface area contributed by atoms with E-state index < -0.39 is 15.6 Å². The lowest BCUT2D eigenvalue weighted by Crippen LogP contribution is -2.17. The number of rotatable bonds is 4. The van der Waals surface area contributed by atoms with E-state index in [4.69, 9.17) is 0 Å². The zero-order valence-electron chi connectivity index (χ0n) is 17.5. The Labute approximate surface area is 203 Å². The summed E-state index contributed by atoms with van der Waals surface area (Å²) in [6, 6.07) is 29.0. The first kappa shape index (κ1) is 22.6. The minimum Gasteiger partial charge on any atom is -0.405 e. The van der Waals surface area contributed by atoms with Gasteiger partial charge in [-0.25, -0.2) is 4.21 Å². The normalized spacial score (nSPS) is 12.7. The fourth-order valence-electron chi connectivity index (χ4n) is 4.23. The highest BCUT2D eigenvalue weighted by molar-refractivity contribution is 9.46. The fourth-order valence-corrected chi connectivity index (χ4v) is 5.59. The first-order chi connectivity index (χ1) is 16.3. The van der Waals surface area contributed by atoms with Gasteiger partial charge in [0.15, 0.2) is 0 Å². The van der Waals surface area contributed by atoms with Gasteiger partial charge in [-0.05, 0) is 50.9 Å².